The smallest absolute Gasteiger partial charge is 0.123 e. The summed E-state index contributed by atoms with van der Waals surface area (Å²) in [6.45, 7) is 11.4. The van der Waals surface area contributed by atoms with E-state index in [2.05, 4.69) is 55.3 Å². The van der Waals surface area contributed by atoms with Gasteiger partial charge in [0.1, 0.15) is 12.4 Å². The fourth-order valence-corrected chi connectivity index (χ4v) is 2.41. The molecule has 0 atom stereocenters. The summed E-state index contributed by atoms with van der Waals surface area (Å²) in [5, 5.41) is 3.45. The number of hydrogen-bond acceptors (Lipinski definition) is 3. The van der Waals surface area contributed by atoms with Crippen LogP contribution in [-0.4, -0.2) is 37.2 Å². The van der Waals surface area contributed by atoms with Crippen LogP contribution in [0.2, 0.25) is 0 Å². The molecule has 3 heteroatoms. The fraction of sp³-hybridized carbons (Fsp3) is 0.556. The lowest BCUT2D eigenvalue weighted by Gasteiger charge is -2.25. The first-order valence-corrected chi connectivity index (χ1v) is 7.97. The van der Waals surface area contributed by atoms with Gasteiger partial charge in [0.05, 0.1) is 0 Å². The van der Waals surface area contributed by atoms with E-state index >= 15 is 0 Å². The number of ether oxygens (including phenoxy) is 1. The lowest BCUT2D eigenvalue weighted by atomic mass is 10.1. The highest BCUT2D eigenvalue weighted by Gasteiger charge is 2.09. The number of hydrogen-bond donors (Lipinski definition) is 1. The van der Waals surface area contributed by atoms with Gasteiger partial charge in [-0.3, -0.25) is 4.90 Å². The minimum Gasteiger partial charge on any atom is -0.492 e. The molecule has 1 aliphatic heterocycles. The Morgan fingerprint density at radius 1 is 1.29 bits per heavy atom. The molecule has 21 heavy (non-hydrogen) atoms. The van der Waals surface area contributed by atoms with E-state index in [1.807, 2.05) is 6.07 Å². The number of benzene rings is 1. The molecule has 1 N–H and O–H groups in total. The summed E-state index contributed by atoms with van der Waals surface area (Å²) in [6, 6.07) is 8.81. The van der Waals surface area contributed by atoms with Gasteiger partial charge < -0.3 is 10.1 Å². The monoisotopic (exact) mass is 288 g/mol. The minimum absolute atomic E-state index is 0.487. The molecule has 0 amide bonds. The van der Waals surface area contributed by atoms with Gasteiger partial charge in [-0.15, -0.1) is 0 Å². The number of nitrogens with one attached hydrogen (secondary N) is 1. The molecule has 1 aromatic carbocycles. The molecule has 1 aliphatic rings. The summed E-state index contributed by atoms with van der Waals surface area (Å²) in [4.78, 5) is 2.45. The third-order valence-corrected chi connectivity index (χ3v) is 3.86. The maximum Gasteiger partial charge on any atom is 0.123 e. The first-order chi connectivity index (χ1) is 10.1. The van der Waals surface area contributed by atoms with Crippen LogP contribution in [0.4, 0.5) is 0 Å². The van der Waals surface area contributed by atoms with Crippen LogP contribution in [0.15, 0.2) is 35.9 Å². The van der Waals surface area contributed by atoms with Crippen molar-refractivity contribution in [1.29, 1.82) is 0 Å². The zero-order valence-corrected chi connectivity index (χ0v) is 13.6. The van der Waals surface area contributed by atoms with Crippen LogP contribution in [-0.2, 0) is 6.54 Å². The lowest BCUT2D eigenvalue weighted by molar-refractivity contribution is 0.217. The van der Waals surface area contributed by atoms with E-state index in [1.165, 1.54) is 17.6 Å². The van der Waals surface area contributed by atoms with Gasteiger partial charge in [0.25, 0.3) is 0 Å². The Balaban J connectivity index is 1.80. The van der Waals surface area contributed by atoms with Gasteiger partial charge in [-0.25, -0.2) is 0 Å². The largest absolute Gasteiger partial charge is 0.492 e. The highest BCUT2D eigenvalue weighted by molar-refractivity contribution is 5.33. The quantitative estimate of drug-likeness (QED) is 0.780. The van der Waals surface area contributed by atoms with Gasteiger partial charge in [0.2, 0.25) is 0 Å². The molecule has 0 unspecified atom stereocenters. The van der Waals surface area contributed by atoms with Crippen LogP contribution < -0.4 is 10.1 Å². The number of nitrogens with zero attached hydrogens (tertiary/aromatic N) is 1. The van der Waals surface area contributed by atoms with Crippen molar-refractivity contribution in [3.8, 4) is 5.75 Å². The Bertz CT molecular complexity index is 468. The molecular formula is C18H28N2O. The summed E-state index contributed by atoms with van der Waals surface area (Å²) < 4.78 is 6.00. The standard InChI is InChI=1S/C18H28N2O/c1-15(2)19-14-17-6-4-5-7-18(17)21-13-12-20-10-8-16(3)9-11-20/h4-8,15,19H,9-14H2,1-3H3. The Hall–Kier alpha value is -1.32. The SMILES string of the molecule is CC1=CCN(CCOc2ccccc2CNC(C)C)CC1. The third kappa shape index (κ3) is 5.52. The first-order valence-electron chi connectivity index (χ1n) is 7.97. The maximum absolute atomic E-state index is 6.00. The van der Waals surface area contributed by atoms with Crippen molar-refractivity contribution in [3.05, 3.63) is 41.5 Å². The van der Waals surface area contributed by atoms with E-state index < -0.39 is 0 Å². The number of rotatable bonds is 7. The van der Waals surface area contributed by atoms with Crippen molar-refractivity contribution in [2.24, 2.45) is 0 Å². The van der Waals surface area contributed by atoms with E-state index in [4.69, 9.17) is 4.74 Å². The second-order valence-corrected chi connectivity index (χ2v) is 6.09. The molecule has 0 aliphatic carbocycles. The Labute approximate surface area is 129 Å². The third-order valence-electron chi connectivity index (χ3n) is 3.86. The second-order valence-electron chi connectivity index (χ2n) is 6.09. The van der Waals surface area contributed by atoms with Crippen LogP contribution in [0.25, 0.3) is 0 Å². The maximum atomic E-state index is 6.00. The Morgan fingerprint density at radius 2 is 2.10 bits per heavy atom. The zero-order chi connectivity index (χ0) is 15.1. The van der Waals surface area contributed by atoms with Gasteiger partial charge in [-0.2, -0.15) is 0 Å². The molecule has 2 rings (SSSR count). The van der Waals surface area contributed by atoms with Gasteiger partial charge in [-0.1, -0.05) is 43.7 Å². The topological polar surface area (TPSA) is 24.5 Å². The van der Waals surface area contributed by atoms with E-state index in [0.717, 1.165) is 38.5 Å². The molecule has 0 aromatic heterocycles. The molecule has 116 valence electrons. The van der Waals surface area contributed by atoms with Crippen LogP contribution in [0, 0.1) is 0 Å². The molecule has 3 nitrogen and oxygen atoms in total. The van der Waals surface area contributed by atoms with Crippen molar-refractivity contribution in [2.45, 2.75) is 39.8 Å². The second kappa shape index (κ2) is 8.20. The highest BCUT2D eigenvalue weighted by atomic mass is 16.5. The lowest BCUT2D eigenvalue weighted by Crippen LogP contribution is -2.32. The number of para-hydroxylation sites is 1. The van der Waals surface area contributed by atoms with Crippen LogP contribution in [0.1, 0.15) is 32.8 Å². The summed E-state index contributed by atoms with van der Waals surface area (Å²) in [5.74, 6) is 1.01. The van der Waals surface area contributed by atoms with Gasteiger partial charge >= 0.3 is 0 Å². The van der Waals surface area contributed by atoms with Crippen molar-refractivity contribution in [3.63, 3.8) is 0 Å². The predicted molar refractivity (Wildman–Crippen MR) is 88.7 cm³/mol. The molecule has 1 aromatic rings. The molecule has 0 radical (unpaired) electrons. The zero-order valence-electron chi connectivity index (χ0n) is 13.6. The molecular weight excluding hydrogens is 260 g/mol. The van der Waals surface area contributed by atoms with Crippen molar-refractivity contribution in [2.75, 3.05) is 26.2 Å². The van der Waals surface area contributed by atoms with Crippen molar-refractivity contribution < 1.29 is 4.74 Å². The summed E-state index contributed by atoms with van der Waals surface area (Å²) in [6.07, 6.45) is 3.51. The van der Waals surface area contributed by atoms with Crippen LogP contribution in [0.3, 0.4) is 0 Å². The highest BCUT2D eigenvalue weighted by Crippen LogP contribution is 2.18. The average molecular weight is 288 g/mol. The van der Waals surface area contributed by atoms with Crippen LogP contribution >= 0.6 is 0 Å². The van der Waals surface area contributed by atoms with E-state index in [1.54, 1.807) is 0 Å². The van der Waals surface area contributed by atoms with Gasteiger partial charge in [-0.05, 0) is 19.4 Å². The van der Waals surface area contributed by atoms with Gasteiger partial charge in [0, 0.05) is 37.8 Å². The molecule has 0 spiro atoms. The normalized spacial score (nSPS) is 16.1. The van der Waals surface area contributed by atoms with Crippen LogP contribution in [0.5, 0.6) is 5.75 Å². The Kier molecular flexibility index (Phi) is 6.27. The average Bonchev–Trinajstić information content (AvgIpc) is 2.48. The minimum atomic E-state index is 0.487. The molecule has 0 saturated carbocycles. The molecule has 1 heterocycles. The van der Waals surface area contributed by atoms with E-state index in [0.29, 0.717) is 6.04 Å². The van der Waals surface area contributed by atoms with Crippen molar-refractivity contribution in [1.82, 2.24) is 10.2 Å². The first kappa shape index (κ1) is 16.1. The molecule has 0 bridgehead atoms. The summed E-state index contributed by atoms with van der Waals surface area (Å²) in [7, 11) is 0. The molecule has 0 saturated heterocycles. The van der Waals surface area contributed by atoms with Gasteiger partial charge in [0.15, 0.2) is 0 Å². The van der Waals surface area contributed by atoms with Crippen molar-refractivity contribution >= 4 is 0 Å². The summed E-state index contributed by atoms with van der Waals surface area (Å²) in [5.41, 5.74) is 2.75. The van der Waals surface area contributed by atoms with E-state index in [9.17, 15) is 0 Å². The molecule has 0 fully saturated rings. The van der Waals surface area contributed by atoms with E-state index in [-0.39, 0.29) is 0 Å². The fourth-order valence-electron chi connectivity index (χ4n) is 2.41. The summed E-state index contributed by atoms with van der Waals surface area (Å²) >= 11 is 0. The predicted octanol–water partition coefficient (Wildman–Crippen LogP) is 3.22. The Morgan fingerprint density at radius 3 is 2.81 bits per heavy atom.